The summed E-state index contributed by atoms with van der Waals surface area (Å²) in [4.78, 5) is 9.08. The van der Waals surface area contributed by atoms with Crippen LogP contribution in [0.5, 0.6) is 5.75 Å². The fraction of sp³-hybridized carbons (Fsp3) is 0.571. The van der Waals surface area contributed by atoms with Gasteiger partial charge in [0.2, 0.25) is 5.89 Å². The lowest BCUT2D eigenvalue weighted by atomic mass is 10.2. The van der Waals surface area contributed by atoms with Crippen molar-refractivity contribution in [3.63, 3.8) is 0 Å². The Morgan fingerprint density at radius 2 is 1.90 bits per heavy atom. The average Bonchev–Trinajstić information content (AvgIpc) is 3.21. The SMILES string of the molecule is CCOCCCNC(=NCc1ccc(OC)cc1)NCCc1nc(C(C)C)no1.I. The number of ether oxygens (including phenoxy) is 2. The molecule has 0 saturated carbocycles. The summed E-state index contributed by atoms with van der Waals surface area (Å²) in [6.07, 6.45) is 1.56. The molecule has 0 aliphatic heterocycles. The second-order valence-electron chi connectivity index (χ2n) is 6.87. The number of methoxy groups -OCH3 is 1. The van der Waals surface area contributed by atoms with Crippen molar-refractivity contribution in [2.45, 2.75) is 46.1 Å². The highest BCUT2D eigenvalue weighted by molar-refractivity contribution is 14.0. The second kappa shape index (κ2) is 15.0. The summed E-state index contributed by atoms with van der Waals surface area (Å²) in [5, 5.41) is 10.7. The highest BCUT2D eigenvalue weighted by Crippen LogP contribution is 2.12. The Labute approximate surface area is 196 Å². The first kappa shape index (κ1) is 26.2. The average molecular weight is 531 g/mol. The Bertz CT molecular complexity index is 734. The number of guanidine groups is 1. The maximum Gasteiger partial charge on any atom is 0.228 e. The minimum Gasteiger partial charge on any atom is -0.497 e. The zero-order valence-corrected chi connectivity index (χ0v) is 20.6. The van der Waals surface area contributed by atoms with Crippen molar-refractivity contribution in [2.24, 2.45) is 4.99 Å². The Morgan fingerprint density at radius 3 is 2.53 bits per heavy atom. The molecule has 168 valence electrons. The molecule has 0 aliphatic carbocycles. The van der Waals surface area contributed by atoms with Gasteiger partial charge in [0.25, 0.3) is 0 Å². The molecule has 0 saturated heterocycles. The first-order valence-electron chi connectivity index (χ1n) is 10.2. The summed E-state index contributed by atoms with van der Waals surface area (Å²) in [7, 11) is 1.66. The number of nitrogens with zero attached hydrogens (tertiary/aromatic N) is 3. The summed E-state index contributed by atoms with van der Waals surface area (Å²) in [5.74, 6) is 3.22. The van der Waals surface area contributed by atoms with Crippen LogP contribution < -0.4 is 15.4 Å². The van der Waals surface area contributed by atoms with Crippen molar-refractivity contribution < 1.29 is 14.0 Å². The summed E-state index contributed by atoms with van der Waals surface area (Å²) in [6.45, 7) is 9.56. The third-order valence-corrected chi connectivity index (χ3v) is 4.17. The maximum atomic E-state index is 5.39. The third-order valence-electron chi connectivity index (χ3n) is 4.17. The topological polar surface area (TPSA) is 93.8 Å². The maximum absolute atomic E-state index is 5.39. The molecule has 9 heteroatoms. The number of benzene rings is 1. The summed E-state index contributed by atoms with van der Waals surface area (Å²) in [6, 6.07) is 7.91. The van der Waals surface area contributed by atoms with Crippen LogP contribution in [-0.4, -0.2) is 49.5 Å². The van der Waals surface area contributed by atoms with Crippen molar-refractivity contribution in [3.8, 4) is 5.75 Å². The highest BCUT2D eigenvalue weighted by Gasteiger charge is 2.09. The number of halogens is 1. The molecule has 2 N–H and O–H groups in total. The molecule has 2 rings (SSSR count). The molecule has 1 aromatic carbocycles. The molecule has 1 aromatic heterocycles. The van der Waals surface area contributed by atoms with Gasteiger partial charge in [-0.05, 0) is 31.0 Å². The van der Waals surface area contributed by atoms with Gasteiger partial charge in [0.05, 0.1) is 13.7 Å². The minimum atomic E-state index is 0. The molecule has 8 nitrogen and oxygen atoms in total. The van der Waals surface area contributed by atoms with Crippen LogP contribution in [0.4, 0.5) is 0 Å². The van der Waals surface area contributed by atoms with E-state index in [1.807, 2.05) is 45.0 Å². The molecular formula is C21H34IN5O3. The van der Waals surface area contributed by atoms with Crippen LogP contribution in [0.3, 0.4) is 0 Å². The van der Waals surface area contributed by atoms with Crippen LogP contribution in [0.15, 0.2) is 33.8 Å². The fourth-order valence-corrected chi connectivity index (χ4v) is 2.49. The van der Waals surface area contributed by atoms with Crippen LogP contribution in [0.25, 0.3) is 0 Å². The molecule has 0 spiro atoms. The van der Waals surface area contributed by atoms with Gasteiger partial charge < -0.3 is 24.6 Å². The molecule has 30 heavy (non-hydrogen) atoms. The first-order chi connectivity index (χ1) is 14.1. The lowest BCUT2D eigenvalue weighted by molar-refractivity contribution is 0.145. The lowest BCUT2D eigenvalue weighted by Crippen LogP contribution is -2.39. The predicted octanol–water partition coefficient (Wildman–Crippen LogP) is 3.52. The van der Waals surface area contributed by atoms with E-state index in [9.17, 15) is 0 Å². The van der Waals surface area contributed by atoms with Gasteiger partial charge in [-0.1, -0.05) is 31.1 Å². The smallest absolute Gasteiger partial charge is 0.228 e. The summed E-state index contributed by atoms with van der Waals surface area (Å²) in [5.41, 5.74) is 1.11. The zero-order chi connectivity index (χ0) is 20.9. The normalized spacial score (nSPS) is 11.3. The Balaban J connectivity index is 0.00000450. The van der Waals surface area contributed by atoms with Crippen molar-refractivity contribution in [1.29, 1.82) is 0 Å². The van der Waals surface area contributed by atoms with E-state index in [2.05, 4.69) is 25.8 Å². The molecule has 0 radical (unpaired) electrons. The van der Waals surface area contributed by atoms with E-state index in [-0.39, 0.29) is 29.9 Å². The van der Waals surface area contributed by atoms with Crippen molar-refractivity contribution >= 4 is 29.9 Å². The van der Waals surface area contributed by atoms with Crippen LogP contribution in [0.1, 0.15) is 50.4 Å². The van der Waals surface area contributed by atoms with E-state index in [1.54, 1.807) is 7.11 Å². The van der Waals surface area contributed by atoms with Gasteiger partial charge in [0.15, 0.2) is 11.8 Å². The number of rotatable bonds is 12. The van der Waals surface area contributed by atoms with Crippen LogP contribution in [0, 0.1) is 0 Å². The number of aromatic nitrogens is 2. The van der Waals surface area contributed by atoms with Gasteiger partial charge in [-0.2, -0.15) is 4.98 Å². The quantitative estimate of drug-likeness (QED) is 0.187. The van der Waals surface area contributed by atoms with E-state index in [1.165, 1.54) is 0 Å². The van der Waals surface area contributed by atoms with Crippen LogP contribution in [-0.2, 0) is 17.7 Å². The van der Waals surface area contributed by atoms with E-state index in [4.69, 9.17) is 14.0 Å². The predicted molar refractivity (Wildman–Crippen MR) is 129 cm³/mol. The van der Waals surface area contributed by atoms with E-state index >= 15 is 0 Å². The zero-order valence-electron chi connectivity index (χ0n) is 18.3. The third kappa shape index (κ3) is 9.75. The Hall–Kier alpha value is -1.88. The summed E-state index contributed by atoms with van der Waals surface area (Å²) < 4.78 is 15.9. The van der Waals surface area contributed by atoms with E-state index in [0.29, 0.717) is 25.4 Å². The van der Waals surface area contributed by atoms with Gasteiger partial charge >= 0.3 is 0 Å². The van der Waals surface area contributed by atoms with Gasteiger partial charge in [0.1, 0.15) is 5.75 Å². The van der Waals surface area contributed by atoms with Gasteiger partial charge in [-0.3, -0.25) is 0 Å². The molecule has 0 unspecified atom stereocenters. The molecule has 0 atom stereocenters. The van der Waals surface area contributed by atoms with Crippen molar-refractivity contribution in [2.75, 3.05) is 33.4 Å². The number of hydrogen-bond acceptors (Lipinski definition) is 6. The Kier molecular flexibility index (Phi) is 13.1. The van der Waals surface area contributed by atoms with Gasteiger partial charge in [-0.15, -0.1) is 24.0 Å². The summed E-state index contributed by atoms with van der Waals surface area (Å²) >= 11 is 0. The highest BCUT2D eigenvalue weighted by atomic mass is 127. The number of nitrogens with one attached hydrogen (secondary N) is 2. The molecule has 2 aromatic rings. The lowest BCUT2D eigenvalue weighted by Gasteiger charge is -2.12. The van der Waals surface area contributed by atoms with E-state index < -0.39 is 0 Å². The fourth-order valence-electron chi connectivity index (χ4n) is 2.49. The Morgan fingerprint density at radius 1 is 1.17 bits per heavy atom. The van der Waals surface area contributed by atoms with Crippen molar-refractivity contribution in [3.05, 3.63) is 41.5 Å². The van der Waals surface area contributed by atoms with Gasteiger partial charge in [0, 0.05) is 38.6 Å². The number of hydrogen-bond donors (Lipinski definition) is 2. The minimum absolute atomic E-state index is 0. The first-order valence-corrected chi connectivity index (χ1v) is 10.2. The molecular weight excluding hydrogens is 497 g/mol. The van der Waals surface area contributed by atoms with Crippen LogP contribution in [0.2, 0.25) is 0 Å². The van der Waals surface area contributed by atoms with E-state index in [0.717, 1.165) is 49.3 Å². The van der Waals surface area contributed by atoms with Crippen molar-refractivity contribution in [1.82, 2.24) is 20.8 Å². The standard InChI is InChI=1S/C21H33N5O3.HI/c1-5-28-14-6-12-22-21(24-15-17-7-9-18(27-4)10-8-17)23-13-11-19-25-20(16(2)3)26-29-19;/h7-10,16H,5-6,11-15H2,1-4H3,(H2,22,23,24);1H. The second-order valence-corrected chi connectivity index (χ2v) is 6.87. The molecule has 0 fully saturated rings. The van der Waals surface area contributed by atoms with Gasteiger partial charge in [-0.25, -0.2) is 4.99 Å². The monoisotopic (exact) mass is 531 g/mol. The number of aliphatic imine (C=N–C) groups is 1. The van der Waals surface area contributed by atoms with Crippen LogP contribution >= 0.6 is 24.0 Å². The molecule has 1 heterocycles. The molecule has 0 amide bonds. The molecule has 0 aliphatic rings. The largest absolute Gasteiger partial charge is 0.497 e. The molecule has 0 bridgehead atoms.